The molecule has 0 aromatic heterocycles. The minimum absolute atomic E-state index is 0.0538. The molecule has 3 rings (SSSR count). The van der Waals surface area contributed by atoms with Crippen molar-refractivity contribution in [3.63, 3.8) is 0 Å². The summed E-state index contributed by atoms with van der Waals surface area (Å²) in [6.07, 6.45) is 0.0983. The Labute approximate surface area is 158 Å². The number of hydrogen-bond donors (Lipinski definition) is 2. The van der Waals surface area contributed by atoms with Gasteiger partial charge in [-0.15, -0.1) is 6.58 Å². The fourth-order valence-corrected chi connectivity index (χ4v) is 3.43. The van der Waals surface area contributed by atoms with Crippen molar-refractivity contribution >= 4 is 12.1 Å². The minimum atomic E-state index is -1.08. The minimum Gasteiger partial charge on any atom is -0.480 e. The first kappa shape index (κ1) is 18.7. The summed E-state index contributed by atoms with van der Waals surface area (Å²) in [5.41, 5.74) is 5.39. The third kappa shape index (κ3) is 4.19. The lowest BCUT2D eigenvalue weighted by molar-refractivity contribution is -0.139. The average molecular weight is 365 g/mol. The van der Waals surface area contributed by atoms with Gasteiger partial charge in [0, 0.05) is 5.92 Å². The van der Waals surface area contributed by atoms with E-state index >= 15 is 0 Å². The zero-order chi connectivity index (χ0) is 19.4. The van der Waals surface area contributed by atoms with E-state index in [0.29, 0.717) is 6.42 Å². The number of hydrogen-bond acceptors (Lipinski definition) is 3. The van der Waals surface area contributed by atoms with Crippen LogP contribution in [0.5, 0.6) is 0 Å². The van der Waals surface area contributed by atoms with Gasteiger partial charge in [0.2, 0.25) is 0 Å². The van der Waals surface area contributed by atoms with Crippen LogP contribution in [0, 0.1) is 0 Å². The van der Waals surface area contributed by atoms with E-state index in [1.165, 1.54) is 0 Å². The molecular formula is C22H23NO4. The summed E-state index contributed by atoms with van der Waals surface area (Å²) in [6.45, 7) is 5.75. The first-order chi connectivity index (χ1) is 13.0. The summed E-state index contributed by atoms with van der Waals surface area (Å²) in [4.78, 5) is 23.5. The number of allylic oxidation sites excluding steroid dienone is 1. The predicted molar refractivity (Wildman–Crippen MR) is 104 cm³/mol. The number of carboxylic acid groups (broad SMARTS) is 1. The molecule has 140 valence electrons. The van der Waals surface area contributed by atoms with Crippen molar-refractivity contribution in [3.8, 4) is 11.1 Å². The molecule has 1 unspecified atom stereocenters. The maximum Gasteiger partial charge on any atom is 0.407 e. The Bertz CT molecular complexity index is 829. The number of rotatable bonds is 7. The molecule has 1 aliphatic rings. The summed E-state index contributed by atoms with van der Waals surface area (Å²) in [5, 5.41) is 11.7. The van der Waals surface area contributed by atoms with Gasteiger partial charge in [-0.05, 0) is 42.0 Å². The number of alkyl carbamates (subject to hydrolysis) is 1. The largest absolute Gasteiger partial charge is 0.480 e. The van der Waals surface area contributed by atoms with Crippen LogP contribution in [0.1, 0.15) is 36.8 Å². The van der Waals surface area contributed by atoms with Crippen LogP contribution < -0.4 is 5.32 Å². The molecule has 0 spiro atoms. The van der Waals surface area contributed by atoms with Gasteiger partial charge in [-0.25, -0.2) is 9.59 Å². The van der Waals surface area contributed by atoms with Gasteiger partial charge in [-0.1, -0.05) is 54.1 Å². The topological polar surface area (TPSA) is 75.6 Å². The third-order valence-electron chi connectivity index (χ3n) is 4.79. The van der Waals surface area contributed by atoms with E-state index in [4.69, 9.17) is 4.74 Å². The highest BCUT2D eigenvalue weighted by molar-refractivity contribution is 5.81. The molecule has 1 aliphatic carbocycles. The van der Waals surface area contributed by atoms with Gasteiger partial charge < -0.3 is 15.2 Å². The van der Waals surface area contributed by atoms with Gasteiger partial charge in [0.25, 0.3) is 0 Å². The molecule has 2 aromatic carbocycles. The Hall–Kier alpha value is -3.08. The highest BCUT2D eigenvalue weighted by Gasteiger charge is 2.29. The number of carbonyl (C=O) groups is 2. The number of benzene rings is 2. The van der Waals surface area contributed by atoms with Gasteiger partial charge in [-0.3, -0.25) is 0 Å². The molecule has 2 N–H and O–H groups in total. The molecule has 0 aliphatic heterocycles. The van der Waals surface area contributed by atoms with E-state index in [1.807, 2.05) is 43.3 Å². The van der Waals surface area contributed by atoms with Crippen LogP contribution in [-0.2, 0) is 9.53 Å². The molecular weight excluding hydrogens is 342 g/mol. The van der Waals surface area contributed by atoms with Crippen molar-refractivity contribution in [2.75, 3.05) is 6.61 Å². The van der Waals surface area contributed by atoms with E-state index in [2.05, 4.69) is 24.0 Å². The van der Waals surface area contributed by atoms with Crippen molar-refractivity contribution in [2.24, 2.45) is 0 Å². The summed E-state index contributed by atoms with van der Waals surface area (Å²) in [7, 11) is 0. The number of amides is 1. The highest BCUT2D eigenvalue weighted by atomic mass is 16.5. The van der Waals surface area contributed by atoms with Crippen LogP contribution in [0.2, 0.25) is 0 Å². The molecule has 0 fully saturated rings. The van der Waals surface area contributed by atoms with Crippen molar-refractivity contribution in [1.29, 1.82) is 0 Å². The van der Waals surface area contributed by atoms with Crippen molar-refractivity contribution in [1.82, 2.24) is 5.32 Å². The lowest BCUT2D eigenvalue weighted by Gasteiger charge is -2.17. The fraction of sp³-hybridized carbons (Fsp3) is 0.273. The van der Waals surface area contributed by atoms with E-state index in [-0.39, 0.29) is 18.9 Å². The average Bonchev–Trinajstić information content (AvgIpc) is 2.97. The molecule has 1 atom stereocenters. The molecule has 0 heterocycles. The Morgan fingerprint density at radius 2 is 1.67 bits per heavy atom. The van der Waals surface area contributed by atoms with Crippen LogP contribution in [0.15, 0.2) is 60.7 Å². The number of nitrogens with one attached hydrogen (secondary N) is 1. The normalized spacial score (nSPS) is 13.4. The second-order valence-electron chi connectivity index (χ2n) is 6.86. The second kappa shape index (κ2) is 8.08. The highest BCUT2D eigenvalue weighted by Crippen LogP contribution is 2.44. The van der Waals surface area contributed by atoms with Gasteiger partial charge in [0.05, 0.1) is 0 Å². The van der Waals surface area contributed by atoms with Crippen LogP contribution in [-0.4, -0.2) is 29.8 Å². The summed E-state index contributed by atoms with van der Waals surface area (Å²) in [5.74, 6) is -1.13. The van der Waals surface area contributed by atoms with E-state index < -0.39 is 18.1 Å². The van der Waals surface area contributed by atoms with E-state index in [0.717, 1.165) is 27.8 Å². The van der Waals surface area contributed by atoms with E-state index in [1.54, 1.807) is 0 Å². The van der Waals surface area contributed by atoms with Gasteiger partial charge in [-0.2, -0.15) is 0 Å². The van der Waals surface area contributed by atoms with Gasteiger partial charge in [0.15, 0.2) is 0 Å². The molecule has 0 radical (unpaired) electrons. The molecule has 0 bridgehead atoms. The molecule has 27 heavy (non-hydrogen) atoms. The van der Waals surface area contributed by atoms with Crippen LogP contribution in [0.4, 0.5) is 4.79 Å². The number of carboxylic acids is 1. The lowest BCUT2D eigenvalue weighted by atomic mass is 9.98. The maximum absolute atomic E-state index is 12.2. The van der Waals surface area contributed by atoms with Crippen molar-refractivity contribution in [2.45, 2.75) is 31.7 Å². The van der Waals surface area contributed by atoms with Crippen molar-refractivity contribution in [3.05, 3.63) is 71.8 Å². The van der Waals surface area contributed by atoms with Gasteiger partial charge >= 0.3 is 12.1 Å². The molecule has 2 aromatic rings. The summed E-state index contributed by atoms with van der Waals surface area (Å²) in [6, 6.07) is 15.1. The van der Waals surface area contributed by atoms with Crippen LogP contribution in [0.3, 0.4) is 0 Å². The standard InChI is InChI=1S/C22H23NO4/c1-14(2)11-12-20(21(24)25)23-22(26)27-13-19-17-9-5-3-7-15(17)16-8-4-6-10-18(16)19/h3-10,19-20H,1,11-13H2,2H3,(H,23,26)(H,24,25). The third-order valence-corrected chi connectivity index (χ3v) is 4.79. The Morgan fingerprint density at radius 3 is 2.19 bits per heavy atom. The number of carbonyl (C=O) groups excluding carboxylic acids is 1. The Morgan fingerprint density at radius 1 is 1.11 bits per heavy atom. The lowest BCUT2D eigenvalue weighted by Crippen LogP contribution is -2.41. The molecule has 5 heteroatoms. The predicted octanol–water partition coefficient (Wildman–Crippen LogP) is 4.33. The number of fused-ring (bicyclic) bond motifs is 3. The Kier molecular flexibility index (Phi) is 5.60. The monoisotopic (exact) mass is 365 g/mol. The quantitative estimate of drug-likeness (QED) is 0.716. The zero-order valence-electron chi connectivity index (χ0n) is 15.3. The van der Waals surface area contributed by atoms with Crippen LogP contribution in [0.25, 0.3) is 11.1 Å². The maximum atomic E-state index is 12.2. The molecule has 0 saturated heterocycles. The smallest absolute Gasteiger partial charge is 0.407 e. The summed E-state index contributed by atoms with van der Waals surface area (Å²) >= 11 is 0. The number of aliphatic carboxylic acids is 1. The van der Waals surface area contributed by atoms with Crippen LogP contribution >= 0.6 is 0 Å². The first-order valence-electron chi connectivity index (χ1n) is 8.96. The molecule has 1 amide bonds. The van der Waals surface area contributed by atoms with Crippen molar-refractivity contribution < 1.29 is 19.4 Å². The Balaban J connectivity index is 1.67. The molecule has 0 saturated carbocycles. The summed E-state index contributed by atoms with van der Waals surface area (Å²) < 4.78 is 5.39. The molecule has 5 nitrogen and oxygen atoms in total. The SMILES string of the molecule is C=C(C)CCC(NC(=O)OCC1c2ccccc2-c2ccccc21)C(=O)O. The van der Waals surface area contributed by atoms with E-state index in [9.17, 15) is 14.7 Å². The van der Waals surface area contributed by atoms with Gasteiger partial charge in [0.1, 0.15) is 12.6 Å². The second-order valence-corrected chi connectivity index (χ2v) is 6.86. The fourth-order valence-electron chi connectivity index (χ4n) is 3.43. The number of ether oxygens (including phenoxy) is 1. The first-order valence-corrected chi connectivity index (χ1v) is 8.96. The zero-order valence-corrected chi connectivity index (χ0v) is 15.3.